The van der Waals surface area contributed by atoms with Gasteiger partial charge in [0.05, 0.1) is 20.1 Å². The van der Waals surface area contributed by atoms with E-state index in [0.29, 0.717) is 18.2 Å². The van der Waals surface area contributed by atoms with Gasteiger partial charge < -0.3 is 14.3 Å². The molecule has 172 valence electrons. The van der Waals surface area contributed by atoms with E-state index in [1.54, 1.807) is 0 Å². The lowest BCUT2D eigenvalue weighted by Crippen LogP contribution is -2.52. The highest BCUT2D eigenvalue weighted by Crippen LogP contribution is 2.41. The average Bonchev–Trinajstić information content (AvgIpc) is 3.49. The summed E-state index contributed by atoms with van der Waals surface area (Å²) in [5.74, 6) is -0.522. The van der Waals surface area contributed by atoms with Gasteiger partial charge in [0.2, 0.25) is 0 Å². The molecule has 0 radical (unpaired) electrons. The Bertz CT molecular complexity index is 865. The van der Waals surface area contributed by atoms with Crippen LogP contribution in [0.2, 0.25) is 0 Å². The number of likely N-dealkylation sites (N-methyl/N-ethyl adjacent to an activating group) is 1. The van der Waals surface area contributed by atoms with Crippen molar-refractivity contribution >= 4 is 5.97 Å². The molecule has 2 aliphatic rings. The second-order valence-electron chi connectivity index (χ2n) is 10.0. The molecule has 0 bridgehead atoms. The van der Waals surface area contributed by atoms with E-state index >= 15 is 0 Å². The fraction of sp³-hybridized carbons (Fsp3) is 0.536. The van der Waals surface area contributed by atoms with Crippen molar-refractivity contribution in [2.24, 2.45) is 5.92 Å². The molecule has 4 nitrogen and oxygen atoms in total. The third-order valence-electron chi connectivity index (χ3n) is 7.94. The minimum absolute atomic E-state index is 0.0623. The predicted molar refractivity (Wildman–Crippen MR) is 127 cm³/mol. The lowest BCUT2D eigenvalue weighted by Gasteiger charge is -2.37. The number of aryl methyl sites for hydroxylation is 1. The Labute approximate surface area is 192 Å². The fourth-order valence-corrected chi connectivity index (χ4v) is 5.87. The molecule has 1 N–H and O–H groups in total. The lowest BCUT2D eigenvalue weighted by atomic mass is 9.80. The number of hydrogen-bond acceptors (Lipinski definition) is 3. The van der Waals surface area contributed by atoms with Crippen molar-refractivity contribution in [1.29, 1.82) is 0 Å². The number of hydrogen-bond donors (Lipinski definition) is 1. The Hall–Kier alpha value is -2.17. The summed E-state index contributed by atoms with van der Waals surface area (Å²) in [6.07, 6.45) is 8.31. The topological polar surface area (TPSA) is 46.5 Å². The molecule has 0 spiro atoms. The van der Waals surface area contributed by atoms with E-state index < -0.39 is 11.6 Å². The van der Waals surface area contributed by atoms with Crippen LogP contribution in [0.25, 0.3) is 0 Å². The molecule has 1 aliphatic heterocycles. The molecular weight excluding hydrogens is 398 g/mol. The van der Waals surface area contributed by atoms with E-state index in [2.05, 4.69) is 37.4 Å². The van der Waals surface area contributed by atoms with E-state index in [1.807, 2.05) is 30.3 Å². The van der Waals surface area contributed by atoms with Gasteiger partial charge in [0.1, 0.15) is 12.6 Å². The van der Waals surface area contributed by atoms with E-state index in [-0.39, 0.29) is 5.92 Å². The number of ether oxygens (including phenoxy) is 1. The fourth-order valence-electron chi connectivity index (χ4n) is 5.87. The molecule has 2 aromatic rings. The molecule has 2 aromatic carbocycles. The highest BCUT2D eigenvalue weighted by Gasteiger charge is 2.48. The number of aliphatic hydroxyl groups is 1. The van der Waals surface area contributed by atoms with Gasteiger partial charge in [-0.25, -0.2) is 4.79 Å². The van der Waals surface area contributed by atoms with Gasteiger partial charge in [0.15, 0.2) is 5.60 Å². The number of likely N-dealkylation sites (tertiary alicyclic amines) is 1. The van der Waals surface area contributed by atoms with Gasteiger partial charge >= 0.3 is 5.97 Å². The van der Waals surface area contributed by atoms with Crippen molar-refractivity contribution in [2.75, 3.05) is 26.7 Å². The summed E-state index contributed by atoms with van der Waals surface area (Å²) in [4.78, 5) is 13.3. The van der Waals surface area contributed by atoms with Crippen molar-refractivity contribution in [3.05, 3.63) is 71.8 Å². The summed E-state index contributed by atoms with van der Waals surface area (Å²) in [7, 11) is 2.30. The molecule has 0 amide bonds. The number of esters is 1. The molecule has 4 rings (SSSR count). The highest BCUT2D eigenvalue weighted by molar-refractivity contribution is 5.81. The van der Waals surface area contributed by atoms with Crippen molar-refractivity contribution in [2.45, 2.75) is 63.0 Å². The van der Waals surface area contributed by atoms with Crippen LogP contribution in [-0.2, 0) is 21.6 Å². The number of nitrogens with zero attached hydrogens (tertiary/aromatic N) is 1. The third-order valence-corrected chi connectivity index (χ3v) is 7.94. The third kappa shape index (κ3) is 4.92. The summed E-state index contributed by atoms with van der Waals surface area (Å²) in [5, 5.41) is 11.6. The Morgan fingerprint density at radius 2 is 1.66 bits per heavy atom. The van der Waals surface area contributed by atoms with Crippen LogP contribution in [0.15, 0.2) is 60.7 Å². The van der Waals surface area contributed by atoms with Crippen molar-refractivity contribution < 1.29 is 19.1 Å². The number of rotatable bonds is 9. The van der Waals surface area contributed by atoms with E-state index in [9.17, 15) is 9.90 Å². The van der Waals surface area contributed by atoms with Crippen molar-refractivity contribution in [3.63, 3.8) is 0 Å². The van der Waals surface area contributed by atoms with Crippen LogP contribution >= 0.6 is 0 Å². The second kappa shape index (κ2) is 10.2. The second-order valence-corrected chi connectivity index (χ2v) is 10.0. The Morgan fingerprint density at radius 3 is 2.34 bits per heavy atom. The zero-order valence-corrected chi connectivity index (χ0v) is 19.4. The average molecular weight is 437 g/mol. The smallest absolute Gasteiger partial charge is 0.343 e. The first-order valence-corrected chi connectivity index (χ1v) is 12.4. The molecule has 1 saturated carbocycles. The zero-order valence-electron chi connectivity index (χ0n) is 19.4. The maximum absolute atomic E-state index is 13.3. The molecule has 4 heteroatoms. The molecule has 1 heterocycles. The van der Waals surface area contributed by atoms with Crippen LogP contribution in [-0.4, -0.2) is 48.3 Å². The minimum atomic E-state index is -1.53. The predicted octanol–water partition coefficient (Wildman–Crippen LogP) is 4.85. The minimum Gasteiger partial charge on any atom is -0.457 e. The maximum atomic E-state index is 13.3. The van der Waals surface area contributed by atoms with Gasteiger partial charge in [-0.2, -0.15) is 0 Å². The quantitative estimate of drug-likeness (QED) is 0.452. The van der Waals surface area contributed by atoms with E-state index in [0.717, 1.165) is 68.9 Å². The summed E-state index contributed by atoms with van der Waals surface area (Å²) in [6, 6.07) is 20.4. The summed E-state index contributed by atoms with van der Waals surface area (Å²) < 4.78 is 6.87. The number of quaternary nitrogens is 1. The molecular formula is C28H38NO3+. The Morgan fingerprint density at radius 1 is 1.00 bits per heavy atom. The summed E-state index contributed by atoms with van der Waals surface area (Å²) in [5.41, 5.74) is 0.516. The monoisotopic (exact) mass is 436 g/mol. The molecule has 3 atom stereocenters. The van der Waals surface area contributed by atoms with E-state index in [1.165, 1.54) is 5.56 Å². The van der Waals surface area contributed by atoms with Gasteiger partial charge in [-0.05, 0) is 30.4 Å². The normalized spacial score (nSPS) is 25.5. The SMILES string of the molecule is C[N@@+]1(CCCc2ccccc2)CCCC1COC(=O)C(O)(c1ccccc1)C1CCCC1. The first kappa shape index (κ1) is 23.0. The van der Waals surface area contributed by atoms with Crippen LogP contribution in [0.4, 0.5) is 0 Å². The van der Waals surface area contributed by atoms with Crippen LogP contribution < -0.4 is 0 Å². The molecule has 2 unspecified atom stereocenters. The van der Waals surface area contributed by atoms with Gasteiger partial charge in [-0.15, -0.1) is 0 Å². The van der Waals surface area contributed by atoms with Crippen molar-refractivity contribution in [1.82, 2.24) is 0 Å². The number of carbonyl (C=O) groups excluding carboxylic acids is 1. The van der Waals surface area contributed by atoms with Crippen LogP contribution in [0, 0.1) is 5.92 Å². The van der Waals surface area contributed by atoms with Crippen molar-refractivity contribution in [3.8, 4) is 0 Å². The molecule has 1 aliphatic carbocycles. The molecule has 32 heavy (non-hydrogen) atoms. The van der Waals surface area contributed by atoms with Gasteiger partial charge in [-0.1, -0.05) is 73.5 Å². The number of carbonyl (C=O) groups is 1. The molecule has 1 saturated heterocycles. The first-order valence-electron chi connectivity index (χ1n) is 12.4. The van der Waals surface area contributed by atoms with Crippen LogP contribution in [0.1, 0.15) is 56.1 Å². The van der Waals surface area contributed by atoms with Crippen LogP contribution in [0.5, 0.6) is 0 Å². The Balaban J connectivity index is 1.38. The van der Waals surface area contributed by atoms with Gasteiger partial charge in [0.25, 0.3) is 0 Å². The lowest BCUT2D eigenvalue weighted by molar-refractivity contribution is -0.921. The Kier molecular flexibility index (Phi) is 7.32. The number of benzene rings is 2. The molecule has 0 aromatic heterocycles. The van der Waals surface area contributed by atoms with Crippen LogP contribution in [0.3, 0.4) is 0 Å². The zero-order chi connectivity index (χ0) is 22.4. The summed E-state index contributed by atoms with van der Waals surface area (Å²) in [6.45, 7) is 2.60. The highest BCUT2D eigenvalue weighted by atomic mass is 16.6. The van der Waals surface area contributed by atoms with Gasteiger partial charge in [-0.3, -0.25) is 0 Å². The molecule has 2 fully saturated rings. The van der Waals surface area contributed by atoms with Gasteiger partial charge in [0, 0.05) is 25.2 Å². The summed E-state index contributed by atoms with van der Waals surface area (Å²) >= 11 is 0. The first-order chi connectivity index (χ1) is 15.5. The standard InChI is InChI=1S/C28H38NO3/c1-29(20-10-14-23-12-4-2-5-13-23)21-11-19-26(29)22-32-27(30)28(31,25-17-8-9-18-25)24-15-6-3-7-16-24/h2-7,12-13,15-16,25-26,31H,8-11,14,17-22H2,1H3/q+1/t26?,28?,29-/m1/s1. The largest absolute Gasteiger partial charge is 0.457 e. The van der Waals surface area contributed by atoms with E-state index in [4.69, 9.17) is 4.74 Å². The maximum Gasteiger partial charge on any atom is 0.343 e.